The molecule has 0 heterocycles. The molecule has 0 unspecified atom stereocenters. The summed E-state index contributed by atoms with van der Waals surface area (Å²) >= 11 is 0. The van der Waals surface area contributed by atoms with E-state index < -0.39 is 5.97 Å². The molecule has 0 aliphatic rings. The summed E-state index contributed by atoms with van der Waals surface area (Å²) in [5, 5.41) is 15.8. The summed E-state index contributed by atoms with van der Waals surface area (Å²) < 4.78 is 0. The number of hydrogen-bond donors (Lipinski definition) is 1. The molecule has 0 fully saturated rings. The van der Waals surface area contributed by atoms with E-state index in [2.05, 4.69) is 6.07 Å². The third kappa shape index (κ3) is 6.57. The van der Waals surface area contributed by atoms with Crippen LogP contribution in [0.3, 0.4) is 0 Å². The number of rotatable bonds is 0. The highest BCUT2D eigenvalue weighted by atomic mass is 16.4. The number of carboxylic acid groups (broad SMARTS) is 1. The Morgan fingerprint density at radius 3 is 2.08 bits per heavy atom. The first-order valence-corrected chi connectivity index (χ1v) is 3.72. The van der Waals surface area contributed by atoms with Crippen molar-refractivity contribution in [2.24, 2.45) is 0 Å². The van der Waals surface area contributed by atoms with Gasteiger partial charge in [-0.2, -0.15) is 5.26 Å². The molecule has 0 amide bonds. The average molecular weight is 177 g/mol. The fourth-order valence-corrected chi connectivity index (χ4v) is 0.628. The Morgan fingerprint density at radius 2 is 1.77 bits per heavy atom. The first-order chi connectivity index (χ1) is 6.06. The normalized spacial score (nSPS) is 7.77. The molecule has 0 saturated heterocycles. The number of benzene rings is 1. The minimum atomic E-state index is -0.833. The van der Waals surface area contributed by atoms with Crippen molar-refractivity contribution in [1.82, 2.24) is 0 Å². The summed E-state index contributed by atoms with van der Waals surface area (Å²) in [7, 11) is 0. The Bertz CT molecular complexity index is 305. The third-order valence-electron chi connectivity index (χ3n) is 1.18. The van der Waals surface area contributed by atoms with Crippen molar-refractivity contribution in [2.75, 3.05) is 0 Å². The summed E-state index contributed by atoms with van der Waals surface area (Å²) in [4.78, 5) is 9.00. The maximum absolute atomic E-state index is 9.00. The highest BCUT2D eigenvalue weighted by Gasteiger charge is 1.84. The molecular weight excluding hydrogens is 166 g/mol. The van der Waals surface area contributed by atoms with E-state index in [0.29, 0.717) is 0 Å². The van der Waals surface area contributed by atoms with Crippen LogP contribution in [0.15, 0.2) is 24.3 Å². The highest BCUT2D eigenvalue weighted by Crippen LogP contribution is 1.99. The molecule has 0 aliphatic heterocycles. The molecule has 68 valence electrons. The topological polar surface area (TPSA) is 61.1 Å². The smallest absolute Gasteiger partial charge is 0.300 e. The van der Waals surface area contributed by atoms with Gasteiger partial charge in [0.2, 0.25) is 0 Å². The van der Waals surface area contributed by atoms with Crippen LogP contribution in [0.5, 0.6) is 0 Å². The number of hydrogen-bond acceptors (Lipinski definition) is 2. The second-order valence-corrected chi connectivity index (χ2v) is 2.50. The lowest BCUT2D eigenvalue weighted by Crippen LogP contribution is -1.78. The Balaban J connectivity index is 0.000000310. The van der Waals surface area contributed by atoms with E-state index in [4.69, 9.17) is 15.2 Å². The van der Waals surface area contributed by atoms with Crippen LogP contribution in [0, 0.1) is 18.3 Å². The number of carbonyl (C=O) groups is 1. The maximum Gasteiger partial charge on any atom is 0.300 e. The minimum absolute atomic E-state index is 0.723. The van der Waals surface area contributed by atoms with Crippen LogP contribution in [0.25, 0.3) is 0 Å². The van der Waals surface area contributed by atoms with Crippen molar-refractivity contribution >= 4 is 5.97 Å². The van der Waals surface area contributed by atoms with Crippen molar-refractivity contribution in [3.8, 4) is 6.07 Å². The van der Waals surface area contributed by atoms with Gasteiger partial charge in [0.15, 0.2) is 0 Å². The van der Waals surface area contributed by atoms with Gasteiger partial charge in [0.25, 0.3) is 5.97 Å². The summed E-state index contributed by atoms with van der Waals surface area (Å²) in [5.74, 6) is -0.833. The van der Waals surface area contributed by atoms with Gasteiger partial charge in [-0.05, 0) is 19.1 Å². The predicted molar refractivity (Wildman–Crippen MR) is 49.2 cm³/mol. The van der Waals surface area contributed by atoms with Crippen LogP contribution in [-0.4, -0.2) is 11.1 Å². The number of nitriles is 1. The fraction of sp³-hybridized carbons (Fsp3) is 0.200. The van der Waals surface area contributed by atoms with Crippen molar-refractivity contribution in [3.05, 3.63) is 35.4 Å². The lowest BCUT2D eigenvalue weighted by molar-refractivity contribution is -0.134. The van der Waals surface area contributed by atoms with Gasteiger partial charge < -0.3 is 5.11 Å². The lowest BCUT2D eigenvalue weighted by Gasteiger charge is -1.88. The first-order valence-electron chi connectivity index (χ1n) is 3.72. The Hall–Kier alpha value is -1.82. The summed E-state index contributed by atoms with van der Waals surface area (Å²) in [5.41, 5.74) is 1.91. The molecule has 0 radical (unpaired) electrons. The SMILES string of the molecule is CC(=O)O.Cc1ccc(C#N)cc1. The molecule has 0 aromatic heterocycles. The Kier molecular flexibility index (Phi) is 4.97. The molecule has 13 heavy (non-hydrogen) atoms. The molecule has 0 bridgehead atoms. The summed E-state index contributed by atoms with van der Waals surface area (Å²) in [6.45, 7) is 3.08. The largest absolute Gasteiger partial charge is 0.481 e. The van der Waals surface area contributed by atoms with Gasteiger partial charge in [0.05, 0.1) is 11.6 Å². The van der Waals surface area contributed by atoms with Crippen molar-refractivity contribution in [3.63, 3.8) is 0 Å². The zero-order valence-corrected chi connectivity index (χ0v) is 7.61. The van der Waals surface area contributed by atoms with E-state index >= 15 is 0 Å². The van der Waals surface area contributed by atoms with Crippen molar-refractivity contribution in [2.45, 2.75) is 13.8 Å². The van der Waals surface area contributed by atoms with Gasteiger partial charge in [-0.1, -0.05) is 17.7 Å². The zero-order valence-electron chi connectivity index (χ0n) is 7.61. The zero-order chi connectivity index (χ0) is 10.3. The molecule has 3 nitrogen and oxygen atoms in total. The lowest BCUT2D eigenvalue weighted by atomic mass is 10.2. The minimum Gasteiger partial charge on any atom is -0.481 e. The number of nitrogens with zero attached hydrogens (tertiary/aromatic N) is 1. The van der Waals surface area contributed by atoms with Gasteiger partial charge in [0, 0.05) is 6.92 Å². The summed E-state index contributed by atoms with van der Waals surface area (Å²) in [6, 6.07) is 9.54. The van der Waals surface area contributed by atoms with Crippen molar-refractivity contribution < 1.29 is 9.90 Å². The van der Waals surface area contributed by atoms with Gasteiger partial charge in [-0.3, -0.25) is 4.79 Å². The van der Waals surface area contributed by atoms with E-state index in [1.54, 1.807) is 0 Å². The fourth-order valence-electron chi connectivity index (χ4n) is 0.628. The summed E-state index contributed by atoms with van der Waals surface area (Å²) in [6.07, 6.45) is 0. The first kappa shape index (κ1) is 11.2. The van der Waals surface area contributed by atoms with E-state index in [1.165, 1.54) is 5.56 Å². The molecule has 3 heteroatoms. The molecule has 1 rings (SSSR count). The average Bonchev–Trinajstić information content (AvgIpc) is 2.05. The maximum atomic E-state index is 9.00. The monoisotopic (exact) mass is 177 g/mol. The number of carboxylic acids is 1. The quantitative estimate of drug-likeness (QED) is 0.658. The molecular formula is C10H11NO2. The predicted octanol–water partition coefficient (Wildman–Crippen LogP) is 1.96. The van der Waals surface area contributed by atoms with E-state index in [0.717, 1.165) is 12.5 Å². The van der Waals surface area contributed by atoms with E-state index in [9.17, 15) is 0 Å². The van der Waals surface area contributed by atoms with Gasteiger partial charge in [-0.15, -0.1) is 0 Å². The van der Waals surface area contributed by atoms with Crippen molar-refractivity contribution in [1.29, 1.82) is 5.26 Å². The Morgan fingerprint density at radius 1 is 1.38 bits per heavy atom. The van der Waals surface area contributed by atoms with Gasteiger partial charge in [0.1, 0.15) is 0 Å². The van der Waals surface area contributed by atoms with Crippen LogP contribution < -0.4 is 0 Å². The standard InChI is InChI=1S/C8H7N.C2H4O2/c1-7-2-4-8(6-9)5-3-7;1-2(3)4/h2-5H,1H3;1H3,(H,3,4). The number of aryl methyl sites for hydroxylation is 1. The van der Waals surface area contributed by atoms with Crippen LogP contribution in [0.4, 0.5) is 0 Å². The van der Waals surface area contributed by atoms with Crippen LogP contribution in [-0.2, 0) is 4.79 Å². The molecule has 1 aromatic carbocycles. The molecule has 1 aromatic rings. The van der Waals surface area contributed by atoms with Crippen LogP contribution in [0.1, 0.15) is 18.1 Å². The van der Waals surface area contributed by atoms with E-state index in [-0.39, 0.29) is 0 Å². The highest BCUT2D eigenvalue weighted by molar-refractivity contribution is 5.62. The molecule has 1 N–H and O–H groups in total. The molecule has 0 spiro atoms. The second-order valence-electron chi connectivity index (χ2n) is 2.50. The molecule has 0 aliphatic carbocycles. The molecule has 0 atom stereocenters. The third-order valence-corrected chi connectivity index (χ3v) is 1.18. The van der Waals surface area contributed by atoms with Gasteiger partial charge >= 0.3 is 0 Å². The second kappa shape index (κ2) is 5.78. The van der Waals surface area contributed by atoms with Crippen LogP contribution >= 0.6 is 0 Å². The van der Waals surface area contributed by atoms with E-state index in [1.807, 2.05) is 31.2 Å². The van der Waals surface area contributed by atoms with Gasteiger partial charge in [-0.25, -0.2) is 0 Å². The Labute approximate surface area is 77.2 Å². The molecule has 0 saturated carbocycles. The number of aliphatic carboxylic acids is 1. The van der Waals surface area contributed by atoms with Crippen LogP contribution in [0.2, 0.25) is 0 Å².